The number of rotatable bonds is 3. The van der Waals surface area contributed by atoms with Crippen molar-refractivity contribution in [1.29, 1.82) is 5.26 Å². The highest BCUT2D eigenvalue weighted by Crippen LogP contribution is 2.74. The van der Waals surface area contributed by atoms with E-state index in [1.54, 1.807) is 0 Å². The van der Waals surface area contributed by atoms with Crippen molar-refractivity contribution in [3.63, 3.8) is 0 Å². The molecule has 42 heavy (non-hydrogen) atoms. The highest BCUT2D eigenvalue weighted by atomic mass is 16.5. The Kier molecular flexibility index (Phi) is 7.01. The van der Waals surface area contributed by atoms with Gasteiger partial charge < -0.3 is 9.64 Å². The third-order valence-corrected chi connectivity index (χ3v) is 13.9. The van der Waals surface area contributed by atoms with Crippen LogP contribution in [0, 0.1) is 62.1 Å². The molecular formula is C36H50N2O4. The van der Waals surface area contributed by atoms with Crippen molar-refractivity contribution in [3.8, 4) is 6.07 Å². The quantitative estimate of drug-likeness (QED) is 0.386. The summed E-state index contributed by atoms with van der Waals surface area (Å²) in [6, 6.07) is 2.19. The maximum atomic E-state index is 14.6. The SMILES string of the molecule is C[C@@H]1C(=O)C(C#N)=C[C@]2(C)C3=CC(=O)C4C5CC(C)(C)CC[C@]5(CCC(=O)N5CCOCC5)CC[C@@]4(C)[C@]3(C)CC[C@@H]12. The van der Waals surface area contributed by atoms with Crippen molar-refractivity contribution in [2.75, 3.05) is 26.3 Å². The maximum absolute atomic E-state index is 14.6. The number of carbonyl (C=O) groups excluding carboxylic acids is 3. The second-order valence-corrected chi connectivity index (χ2v) is 16.3. The molecule has 0 N–H and O–H groups in total. The van der Waals surface area contributed by atoms with Crippen molar-refractivity contribution in [1.82, 2.24) is 4.90 Å². The summed E-state index contributed by atoms with van der Waals surface area (Å²) in [5.74, 6) is 0.506. The Morgan fingerprint density at radius 2 is 1.71 bits per heavy atom. The molecule has 8 atom stereocenters. The Balaban J connectivity index is 1.39. The third-order valence-electron chi connectivity index (χ3n) is 13.9. The van der Waals surface area contributed by atoms with Gasteiger partial charge in [-0.2, -0.15) is 5.26 Å². The van der Waals surface area contributed by atoms with Gasteiger partial charge in [0.15, 0.2) is 11.6 Å². The van der Waals surface area contributed by atoms with Crippen molar-refractivity contribution in [3.05, 3.63) is 23.3 Å². The average molecular weight is 575 g/mol. The van der Waals surface area contributed by atoms with Crippen molar-refractivity contribution >= 4 is 17.5 Å². The highest BCUT2D eigenvalue weighted by Gasteiger charge is 2.68. The Bertz CT molecular complexity index is 1300. The molecule has 6 heteroatoms. The van der Waals surface area contributed by atoms with Crippen LogP contribution in [-0.2, 0) is 19.1 Å². The number of fused-ring (bicyclic) bond motifs is 7. The zero-order valence-corrected chi connectivity index (χ0v) is 26.7. The molecule has 0 aromatic heterocycles. The predicted molar refractivity (Wildman–Crippen MR) is 161 cm³/mol. The van der Waals surface area contributed by atoms with Gasteiger partial charge in [0.2, 0.25) is 5.91 Å². The number of carbonyl (C=O) groups is 3. The zero-order chi connectivity index (χ0) is 30.3. The summed E-state index contributed by atoms with van der Waals surface area (Å²) in [6.07, 6.45) is 12.5. The van der Waals surface area contributed by atoms with Gasteiger partial charge in [-0.15, -0.1) is 0 Å². The first-order valence-corrected chi connectivity index (χ1v) is 16.5. The summed E-state index contributed by atoms with van der Waals surface area (Å²) in [5, 5.41) is 9.86. The second-order valence-electron chi connectivity index (χ2n) is 16.3. The van der Waals surface area contributed by atoms with Crippen LogP contribution in [0.5, 0.6) is 0 Å². The van der Waals surface area contributed by atoms with E-state index in [4.69, 9.17) is 4.74 Å². The lowest BCUT2D eigenvalue weighted by Crippen LogP contribution is -2.64. The predicted octanol–water partition coefficient (Wildman–Crippen LogP) is 6.45. The number of amides is 1. The summed E-state index contributed by atoms with van der Waals surface area (Å²) in [7, 11) is 0. The standard InChI is InChI=1S/C36H50N2O4/c1-23-25-7-9-34(5)28(33(25,4)20-24(22-37)31(23)41)19-27(39)30-26-21-32(2,3)11-13-36(26,14-12-35(30,34)6)10-8-29(40)38-15-17-42-18-16-38/h19-20,23,25-26,30H,7-18,21H2,1-6H3/t23-,25-,26?,30?,33-,34+,35+,36+/m0/s1. The number of morpholine rings is 1. The molecule has 228 valence electrons. The number of nitriles is 1. The fourth-order valence-electron chi connectivity index (χ4n) is 11.1. The van der Waals surface area contributed by atoms with E-state index in [-0.39, 0.29) is 68.4 Å². The monoisotopic (exact) mass is 574 g/mol. The summed E-state index contributed by atoms with van der Waals surface area (Å²) in [6.45, 7) is 16.3. The summed E-state index contributed by atoms with van der Waals surface area (Å²) >= 11 is 0. The molecule has 4 fully saturated rings. The van der Waals surface area contributed by atoms with E-state index >= 15 is 0 Å². The number of allylic oxidation sites excluding steroid dienone is 4. The molecule has 6 rings (SSSR count). The minimum atomic E-state index is -0.472. The maximum Gasteiger partial charge on any atom is 0.222 e. The van der Waals surface area contributed by atoms with Gasteiger partial charge in [0.05, 0.1) is 18.8 Å². The first-order valence-electron chi connectivity index (χ1n) is 16.5. The molecule has 6 aliphatic rings. The first kappa shape index (κ1) is 29.8. The summed E-state index contributed by atoms with van der Waals surface area (Å²) in [5.41, 5.74) is 0.730. The van der Waals surface area contributed by atoms with Gasteiger partial charge in [0.1, 0.15) is 6.07 Å². The van der Waals surface area contributed by atoms with Gasteiger partial charge in [0, 0.05) is 36.8 Å². The van der Waals surface area contributed by atoms with Crippen molar-refractivity contribution < 1.29 is 19.1 Å². The number of ketones is 2. The van der Waals surface area contributed by atoms with Crippen LogP contribution >= 0.6 is 0 Å². The van der Waals surface area contributed by atoms with Crippen molar-refractivity contribution in [2.24, 2.45) is 50.7 Å². The van der Waals surface area contributed by atoms with E-state index in [0.717, 1.165) is 56.9 Å². The van der Waals surface area contributed by atoms with Gasteiger partial charge in [-0.1, -0.05) is 53.2 Å². The van der Waals surface area contributed by atoms with E-state index in [1.807, 2.05) is 24.0 Å². The molecule has 1 saturated heterocycles. The van der Waals surface area contributed by atoms with E-state index in [0.29, 0.717) is 32.7 Å². The molecule has 0 aromatic rings. The lowest BCUT2D eigenvalue weighted by Gasteiger charge is -2.69. The zero-order valence-electron chi connectivity index (χ0n) is 26.7. The van der Waals surface area contributed by atoms with E-state index in [9.17, 15) is 19.6 Å². The molecule has 5 aliphatic carbocycles. The number of hydrogen-bond donors (Lipinski definition) is 0. The van der Waals surface area contributed by atoms with Gasteiger partial charge in [-0.25, -0.2) is 0 Å². The molecule has 0 spiro atoms. The summed E-state index contributed by atoms with van der Waals surface area (Å²) in [4.78, 5) is 42.9. The van der Waals surface area contributed by atoms with Crippen LogP contribution in [0.1, 0.15) is 99.3 Å². The van der Waals surface area contributed by atoms with E-state index < -0.39 is 5.41 Å². The van der Waals surface area contributed by atoms with Crippen LogP contribution in [0.4, 0.5) is 0 Å². The number of ether oxygens (including phenoxy) is 1. The molecule has 0 radical (unpaired) electrons. The lowest BCUT2D eigenvalue weighted by molar-refractivity contribution is -0.172. The Morgan fingerprint density at radius 1 is 1.02 bits per heavy atom. The fourth-order valence-corrected chi connectivity index (χ4v) is 11.1. The average Bonchev–Trinajstić information content (AvgIpc) is 2.95. The van der Waals surface area contributed by atoms with Crippen LogP contribution in [-0.4, -0.2) is 48.7 Å². The molecule has 1 aliphatic heterocycles. The van der Waals surface area contributed by atoms with Crippen LogP contribution in [0.25, 0.3) is 0 Å². The van der Waals surface area contributed by atoms with Crippen LogP contribution in [0.15, 0.2) is 23.3 Å². The minimum absolute atomic E-state index is 0.0137. The smallest absolute Gasteiger partial charge is 0.222 e. The second kappa shape index (κ2) is 9.88. The van der Waals surface area contributed by atoms with E-state index in [1.165, 1.54) is 0 Å². The van der Waals surface area contributed by atoms with Crippen LogP contribution in [0.3, 0.4) is 0 Å². The van der Waals surface area contributed by atoms with Crippen molar-refractivity contribution in [2.45, 2.75) is 99.3 Å². The normalized spacial score (nSPS) is 44.5. The van der Waals surface area contributed by atoms with Gasteiger partial charge in [-0.3, -0.25) is 14.4 Å². The largest absolute Gasteiger partial charge is 0.378 e. The highest BCUT2D eigenvalue weighted by molar-refractivity contribution is 6.02. The third kappa shape index (κ3) is 4.15. The van der Waals surface area contributed by atoms with Gasteiger partial charge in [-0.05, 0) is 90.9 Å². The topological polar surface area (TPSA) is 87.5 Å². The molecule has 6 nitrogen and oxygen atoms in total. The molecule has 1 amide bonds. The number of Topliss-reactive ketones (excluding diaryl/α,β-unsaturated/α-hetero) is 1. The van der Waals surface area contributed by atoms with Gasteiger partial charge in [0.25, 0.3) is 0 Å². The minimum Gasteiger partial charge on any atom is -0.378 e. The van der Waals surface area contributed by atoms with Gasteiger partial charge >= 0.3 is 0 Å². The summed E-state index contributed by atoms with van der Waals surface area (Å²) < 4.78 is 5.48. The number of hydrogen-bond acceptors (Lipinski definition) is 5. The molecular weight excluding hydrogens is 524 g/mol. The number of nitrogens with zero attached hydrogens (tertiary/aromatic N) is 2. The molecule has 0 aromatic carbocycles. The Labute approximate surface area is 252 Å². The Morgan fingerprint density at radius 3 is 2.40 bits per heavy atom. The molecule has 0 bridgehead atoms. The molecule has 2 unspecified atom stereocenters. The lowest BCUT2D eigenvalue weighted by atomic mass is 9.34. The molecule has 3 saturated carbocycles. The van der Waals surface area contributed by atoms with Crippen LogP contribution in [0.2, 0.25) is 0 Å². The van der Waals surface area contributed by atoms with Crippen LogP contribution < -0.4 is 0 Å². The fraction of sp³-hybridized carbons (Fsp3) is 0.778. The molecule has 1 heterocycles. The Hall–Kier alpha value is -2.26. The van der Waals surface area contributed by atoms with E-state index in [2.05, 4.69) is 40.7 Å². The first-order chi connectivity index (χ1) is 19.7.